The van der Waals surface area contributed by atoms with Crippen molar-refractivity contribution in [2.75, 3.05) is 0 Å². The van der Waals surface area contributed by atoms with Gasteiger partial charge in [-0.25, -0.2) is 4.79 Å². The van der Waals surface area contributed by atoms with Crippen LogP contribution < -0.4 is 5.73 Å². The van der Waals surface area contributed by atoms with Gasteiger partial charge in [-0.15, -0.1) is 0 Å². The number of carbonyl (C=O) groups is 1. The summed E-state index contributed by atoms with van der Waals surface area (Å²) in [7, 11) is 0. The van der Waals surface area contributed by atoms with Crippen LogP contribution in [0.15, 0.2) is 12.3 Å². The van der Waals surface area contributed by atoms with Crippen LogP contribution in [-0.4, -0.2) is 6.09 Å². The Bertz CT molecular complexity index is 87.7. The van der Waals surface area contributed by atoms with Crippen LogP contribution in [0.3, 0.4) is 0 Å². The molecule has 0 aliphatic rings. The number of hydrogen-bond donors (Lipinski definition) is 1. The normalized spacial score (nSPS) is 9.29. The monoisotopic (exact) mass is 101 g/mol. The molecule has 40 valence electrons. The fraction of sp³-hybridized carbons (Fsp3) is 0.250. The van der Waals surface area contributed by atoms with E-state index in [4.69, 9.17) is 0 Å². The molecule has 7 heavy (non-hydrogen) atoms. The Morgan fingerprint density at radius 2 is 2.43 bits per heavy atom. The standard InChI is InChI=1S/C4H7NO2/c1-2-3-7-4(5)6/h2-3H,1H3,(H2,5,6)/b3-2-. The molecule has 0 fully saturated rings. The molecular weight excluding hydrogens is 94.0 g/mol. The Kier molecular flexibility index (Phi) is 2.76. The molecule has 0 atom stereocenters. The Hall–Kier alpha value is -0.990. The third-order valence-corrected chi connectivity index (χ3v) is 0.320. The van der Waals surface area contributed by atoms with Crippen molar-refractivity contribution in [2.45, 2.75) is 6.92 Å². The predicted octanol–water partition coefficient (Wildman–Crippen LogP) is 0.615. The summed E-state index contributed by atoms with van der Waals surface area (Å²) in [5.74, 6) is 0. The van der Waals surface area contributed by atoms with E-state index in [1.165, 1.54) is 6.26 Å². The molecule has 0 aliphatic carbocycles. The summed E-state index contributed by atoms with van der Waals surface area (Å²) < 4.78 is 4.15. The first kappa shape index (κ1) is 6.01. The largest absolute Gasteiger partial charge is 0.419 e. The van der Waals surface area contributed by atoms with Crippen LogP contribution in [0.1, 0.15) is 6.92 Å². The van der Waals surface area contributed by atoms with Gasteiger partial charge in [-0.2, -0.15) is 0 Å². The number of nitrogens with two attached hydrogens (primary N) is 1. The van der Waals surface area contributed by atoms with Gasteiger partial charge >= 0.3 is 6.09 Å². The smallest absolute Gasteiger partial charge is 0.409 e. The molecule has 0 saturated heterocycles. The summed E-state index contributed by atoms with van der Waals surface area (Å²) in [6.45, 7) is 1.73. The molecule has 0 aromatic heterocycles. The minimum atomic E-state index is -0.780. The molecule has 0 aliphatic heterocycles. The van der Waals surface area contributed by atoms with Crippen molar-refractivity contribution in [3.63, 3.8) is 0 Å². The summed E-state index contributed by atoms with van der Waals surface area (Å²) in [4.78, 5) is 9.71. The van der Waals surface area contributed by atoms with Gasteiger partial charge in [0.2, 0.25) is 0 Å². The van der Waals surface area contributed by atoms with Crippen LogP contribution in [0.2, 0.25) is 0 Å². The fourth-order valence-electron chi connectivity index (χ4n) is 0.135. The van der Waals surface area contributed by atoms with Gasteiger partial charge in [0, 0.05) is 0 Å². The molecule has 0 bridgehead atoms. The molecule has 0 radical (unpaired) electrons. The van der Waals surface area contributed by atoms with Crippen molar-refractivity contribution in [3.05, 3.63) is 12.3 Å². The topological polar surface area (TPSA) is 52.3 Å². The van der Waals surface area contributed by atoms with E-state index in [2.05, 4.69) is 10.5 Å². The highest BCUT2D eigenvalue weighted by atomic mass is 16.5. The Morgan fingerprint density at radius 1 is 1.86 bits per heavy atom. The Morgan fingerprint density at radius 3 is 2.57 bits per heavy atom. The van der Waals surface area contributed by atoms with Gasteiger partial charge in [0.25, 0.3) is 0 Å². The maximum Gasteiger partial charge on any atom is 0.409 e. The van der Waals surface area contributed by atoms with Gasteiger partial charge in [-0.05, 0) is 6.92 Å². The number of carbonyl (C=O) groups excluding carboxylic acids is 1. The second-order valence-electron chi connectivity index (χ2n) is 0.906. The lowest BCUT2D eigenvalue weighted by molar-refractivity contribution is 0.196. The minimum Gasteiger partial charge on any atom is -0.419 e. The van der Waals surface area contributed by atoms with Crippen LogP contribution in [0.4, 0.5) is 4.79 Å². The molecule has 0 spiro atoms. The average Bonchev–Trinajstić information content (AvgIpc) is 1.61. The highest BCUT2D eigenvalue weighted by Gasteiger charge is 1.81. The maximum atomic E-state index is 9.71. The quantitative estimate of drug-likeness (QED) is 0.492. The van der Waals surface area contributed by atoms with Gasteiger partial charge < -0.3 is 10.5 Å². The Labute approximate surface area is 41.8 Å². The van der Waals surface area contributed by atoms with E-state index in [-0.39, 0.29) is 0 Å². The zero-order chi connectivity index (χ0) is 5.70. The lowest BCUT2D eigenvalue weighted by atomic mass is 10.7. The highest BCUT2D eigenvalue weighted by molar-refractivity contribution is 5.65. The summed E-state index contributed by atoms with van der Waals surface area (Å²) in [5, 5.41) is 0. The van der Waals surface area contributed by atoms with E-state index in [1.807, 2.05) is 0 Å². The highest BCUT2D eigenvalue weighted by Crippen LogP contribution is 1.72. The van der Waals surface area contributed by atoms with Gasteiger partial charge in [0.05, 0.1) is 6.26 Å². The summed E-state index contributed by atoms with van der Waals surface area (Å²) in [6, 6.07) is 0. The van der Waals surface area contributed by atoms with E-state index < -0.39 is 6.09 Å². The van der Waals surface area contributed by atoms with Gasteiger partial charge in [-0.3, -0.25) is 0 Å². The van der Waals surface area contributed by atoms with Crippen LogP contribution in [0, 0.1) is 0 Å². The van der Waals surface area contributed by atoms with E-state index in [0.29, 0.717) is 0 Å². The second kappa shape index (κ2) is 3.21. The van der Waals surface area contributed by atoms with E-state index in [9.17, 15) is 4.79 Å². The molecule has 0 heterocycles. The van der Waals surface area contributed by atoms with Crippen LogP contribution in [0.5, 0.6) is 0 Å². The number of ether oxygens (including phenoxy) is 1. The third kappa shape index (κ3) is 5.01. The van der Waals surface area contributed by atoms with Crippen molar-refractivity contribution in [3.8, 4) is 0 Å². The summed E-state index contributed by atoms with van der Waals surface area (Å²) >= 11 is 0. The van der Waals surface area contributed by atoms with E-state index in [1.54, 1.807) is 13.0 Å². The zero-order valence-corrected chi connectivity index (χ0v) is 4.05. The van der Waals surface area contributed by atoms with Crippen LogP contribution >= 0.6 is 0 Å². The molecule has 3 heteroatoms. The molecular formula is C4H7NO2. The van der Waals surface area contributed by atoms with Crippen molar-refractivity contribution in [2.24, 2.45) is 5.73 Å². The second-order valence-corrected chi connectivity index (χ2v) is 0.906. The van der Waals surface area contributed by atoms with Crippen molar-refractivity contribution in [1.82, 2.24) is 0 Å². The maximum absolute atomic E-state index is 9.71. The SMILES string of the molecule is C/C=C\OC(N)=O. The van der Waals surface area contributed by atoms with Gasteiger partial charge in [-0.1, -0.05) is 6.08 Å². The fourth-order valence-corrected chi connectivity index (χ4v) is 0.135. The number of amides is 1. The minimum absolute atomic E-state index is 0.780. The molecule has 1 amide bonds. The molecule has 3 nitrogen and oxygen atoms in total. The van der Waals surface area contributed by atoms with Crippen molar-refractivity contribution >= 4 is 6.09 Å². The van der Waals surface area contributed by atoms with E-state index in [0.717, 1.165) is 0 Å². The molecule has 0 aromatic rings. The summed E-state index contributed by atoms with van der Waals surface area (Å²) in [5.41, 5.74) is 4.57. The first-order chi connectivity index (χ1) is 3.27. The zero-order valence-electron chi connectivity index (χ0n) is 4.05. The van der Waals surface area contributed by atoms with Crippen LogP contribution in [-0.2, 0) is 4.74 Å². The predicted molar refractivity (Wildman–Crippen MR) is 25.5 cm³/mol. The van der Waals surface area contributed by atoms with Gasteiger partial charge in [0.1, 0.15) is 0 Å². The Balaban J connectivity index is 3.14. The molecule has 0 aromatic carbocycles. The first-order valence-electron chi connectivity index (χ1n) is 1.84. The first-order valence-corrected chi connectivity index (χ1v) is 1.84. The molecule has 0 rings (SSSR count). The third-order valence-electron chi connectivity index (χ3n) is 0.320. The van der Waals surface area contributed by atoms with Crippen molar-refractivity contribution < 1.29 is 9.53 Å². The average molecular weight is 101 g/mol. The van der Waals surface area contributed by atoms with Gasteiger partial charge in [0.15, 0.2) is 0 Å². The van der Waals surface area contributed by atoms with Crippen LogP contribution in [0.25, 0.3) is 0 Å². The number of rotatable bonds is 1. The molecule has 0 saturated carbocycles. The van der Waals surface area contributed by atoms with Crippen molar-refractivity contribution in [1.29, 1.82) is 0 Å². The molecule has 0 unspecified atom stereocenters. The lowest BCUT2D eigenvalue weighted by Gasteiger charge is -1.85. The number of primary amides is 1. The number of allylic oxidation sites excluding steroid dienone is 1. The lowest BCUT2D eigenvalue weighted by Crippen LogP contribution is -2.08. The number of hydrogen-bond acceptors (Lipinski definition) is 2. The molecule has 2 N–H and O–H groups in total. The summed E-state index contributed by atoms with van der Waals surface area (Å²) in [6.07, 6.45) is 2.02. The van der Waals surface area contributed by atoms with E-state index >= 15 is 0 Å².